The topological polar surface area (TPSA) is 56.3 Å². The largest absolute Gasteiger partial charge is 0.491 e. The molecule has 19 heavy (non-hydrogen) atoms. The van der Waals surface area contributed by atoms with Gasteiger partial charge >= 0.3 is 0 Å². The third-order valence-electron chi connectivity index (χ3n) is 3.02. The van der Waals surface area contributed by atoms with Crippen LogP contribution in [-0.2, 0) is 13.5 Å². The quantitative estimate of drug-likeness (QED) is 0.831. The van der Waals surface area contributed by atoms with Crippen LogP contribution in [0.5, 0.6) is 5.75 Å². The van der Waals surface area contributed by atoms with Gasteiger partial charge in [-0.25, -0.2) is 4.98 Å². The number of anilines is 2. The number of benzene rings is 1. The molecule has 0 saturated carbocycles. The molecule has 1 aromatic heterocycles. The first-order valence-corrected chi connectivity index (χ1v) is 6.24. The SMILES string of the molecule is CN(C)c1ccc(N)c(OCCc2nccn2C)c1. The smallest absolute Gasteiger partial charge is 0.144 e. The second-order valence-corrected chi connectivity index (χ2v) is 4.67. The van der Waals surface area contributed by atoms with Gasteiger partial charge in [-0.05, 0) is 12.1 Å². The first-order valence-electron chi connectivity index (χ1n) is 6.24. The van der Waals surface area contributed by atoms with Gasteiger partial charge in [0.15, 0.2) is 0 Å². The van der Waals surface area contributed by atoms with Crippen LogP contribution >= 0.6 is 0 Å². The van der Waals surface area contributed by atoms with Crippen molar-refractivity contribution in [3.05, 3.63) is 36.4 Å². The monoisotopic (exact) mass is 260 g/mol. The van der Waals surface area contributed by atoms with Crippen molar-refractivity contribution in [3.8, 4) is 5.75 Å². The Bertz CT molecular complexity index is 548. The maximum absolute atomic E-state index is 5.91. The fourth-order valence-electron chi connectivity index (χ4n) is 1.82. The predicted octanol–water partition coefficient (Wildman–Crippen LogP) is 1.69. The Hall–Kier alpha value is -2.17. The summed E-state index contributed by atoms with van der Waals surface area (Å²) in [5, 5.41) is 0. The molecule has 2 aromatic rings. The van der Waals surface area contributed by atoms with Crippen LogP contribution < -0.4 is 15.4 Å². The summed E-state index contributed by atoms with van der Waals surface area (Å²) >= 11 is 0. The fraction of sp³-hybridized carbons (Fsp3) is 0.357. The predicted molar refractivity (Wildman–Crippen MR) is 77.6 cm³/mol. The molecule has 0 saturated heterocycles. The first kappa shape index (κ1) is 13.3. The van der Waals surface area contributed by atoms with Gasteiger partial charge in [0.1, 0.15) is 11.6 Å². The molecule has 2 N–H and O–H groups in total. The van der Waals surface area contributed by atoms with Crippen LogP contribution in [0.25, 0.3) is 0 Å². The van der Waals surface area contributed by atoms with Gasteiger partial charge in [-0.3, -0.25) is 0 Å². The van der Waals surface area contributed by atoms with E-state index in [0.29, 0.717) is 12.3 Å². The van der Waals surface area contributed by atoms with Crippen molar-refractivity contribution in [2.75, 3.05) is 31.3 Å². The number of hydrogen-bond acceptors (Lipinski definition) is 4. The molecule has 0 aliphatic heterocycles. The molecule has 1 aromatic carbocycles. The molecule has 0 aliphatic carbocycles. The Balaban J connectivity index is 1.99. The van der Waals surface area contributed by atoms with E-state index in [2.05, 4.69) is 4.98 Å². The van der Waals surface area contributed by atoms with E-state index in [-0.39, 0.29) is 0 Å². The van der Waals surface area contributed by atoms with E-state index in [9.17, 15) is 0 Å². The zero-order valence-corrected chi connectivity index (χ0v) is 11.6. The highest BCUT2D eigenvalue weighted by atomic mass is 16.5. The minimum absolute atomic E-state index is 0.561. The van der Waals surface area contributed by atoms with Gasteiger partial charge in [0, 0.05) is 51.7 Å². The number of rotatable bonds is 5. The molecular formula is C14H20N4O. The minimum Gasteiger partial charge on any atom is -0.491 e. The molecule has 5 nitrogen and oxygen atoms in total. The highest BCUT2D eigenvalue weighted by molar-refractivity contribution is 5.61. The van der Waals surface area contributed by atoms with E-state index < -0.39 is 0 Å². The number of nitrogens with two attached hydrogens (primary N) is 1. The summed E-state index contributed by atoms with van der Waals surface area (Å²) < 4.78 is 7.74. The van der Waals surface area contributed by atoms with Crippen LogP contribution in [0.15, 0.2) is 30.6 Å². The summed E-state index contributed by atoms with van der Waals surface area (Å²) in [5.74, 6) is 1.72. The summed E-state index contributed by atoms with van der Waals surface area (Å²) in [6, 6.07) is 5.79. The van der Waals surface area contributed by atoms with Gasteiger partial charge in [-0.2, -0.15) is 0 Å². The zero-order valence-electron chi connectivity index (χ0n) is 11.6. The molecule has 0 bridgehead atoms. The minimum atomic E-state index is 0.561. The van der Waals surface area contributed by atoms with E-state index in [4.69, 9.17) is 10.5 Å². The lowest BCUT2D eigenvalue weighted by molar-refractivity contribution is 0.319. The van der Waals surface area contributed by atoms with Crippen LogP contribution in [0.2, 0.25) is 0 Å². The number of hydrogen-bond donors (Lipinski definition) is 1. The van der Waals surface area contributed by atoms with Crippen molar-refractivity contribution >= 4 is 11.4 Å². The van der Waals surface area contributed by atoms with E-state index in [1.54, 1.807) is 6.20 Å². The average molecular weight is 260 g/mol. The van der Waals surface area contributed by atoms with Crippen LogP contribution in [0, 0.1) is 0 Å². The molecule has 0 spiro atoms. The molecule has 0 atom stereocenters. The molecular weight excluding hydrogens is 240 g/mol. The maximum Gasteiger partial charge on any atom is 0.144 e. The summed E-state index contributed by atoms with van der Waals surface area (Å²) in [7, 11) is 5.95. The summed E-state index contributed by atoms with van der Waals surface area (Å²) in [4.78, 5) is 6.28. The first-order chi connectivity index (χ1) is 9.08. The lowest BCUT2D eigenvalue weighted by Gasteiger charge is -2.15. The number of ether oxygens (including phenoxy) is 1. The number of aryl methyl sites for hydroxylation is 1. The second kappa shape index (κ2) is 5.65. The van der Waals surface area contributed by atoms with E-state index >= 15 is 0 Å². The van der Waals surface area contributed by atoms with Crippen LogP contribution in [0.1, 0.15) is 5.82 Å². The second-order valence-electron chi connectivity index (χ2n) is 4.67. The number of imidazole rings is 1. The standard InChI is InChI=1S/C14H20N4O/c1-17(2)11-4-5-12(15)13(10-11)19-9-6-14-16-7-8-18(14)3/h4-5,7-8,10H,6,9,15H2,1-3H3. The number of nitrogens with zero attached hydrogens (tertiary/aromatic N) is 3. The lowest BCUT2D eigenvalue weighted by Crippen LogP contribution is -2.10. The Morgan fingerprint density at radius 1 is 1.37 bits per heavy atom. The molecule has 1 heterocycles. The Morgan fingerprint density at radius 2 is 2.16 bits per heavy atom. The highest BCUT2D eigenvalue weighted by Gasteiger charge is 2.05. The number of aromatic nitrogens is 2. The molecule has 2 rings (SSSR count). The van der Waals surface area contributed by atoms with E-state index in [0.717, 1.165) is 23.7 Å². The van der Waals surface area contributed by atoms with Crippen molar-refractivity contribution in [1.82, 2.24) is 9.55 Å². The Morgan fingerprint density at radius 3 is 2.79 bits per heavy atom. The molecule has 0 radical (unpaired) electrons. The van der Waals surface area contributed by atoms with Gasteiger partial charge in [0.2, 0.25) is 0 Å². The molecule has 0 unspecified atom stereocenters. The van der Waals surface area contributed by atoms with Gasteiger partial charge in [0.05, 0.1) is 12.3 Å². The summed E-state index contributed by atoms with van der Waals surface area (Å²) in [6.07, 6.45) is 4.47. The van der Waals surface area contributed by atoms with Crippen LogP contribution in [-0.4, -0.2) is 30.3 Å². The summed E-state index contributed by atoms with van der Waals surface area (Å²) in [6.45, 7) is 0.561. The zero-order chi connectivity index (χ0) is 13.8. The van der Waals surface area contributed by atoms with Gasteiger partial charge in [-0.1, -0.05) is 0 Å². The molecule has 0 amide bonds. The van der Waals surface area contributed by atoms with Crippen molar-refractivity contribution in [2.45, 2.75) is 6.42 Å². The average Bonchev–Trinajstić information content (AvgIpc) is 2.77. The van der Waals surface area contributed by atoms with Crippen molar-refractivity contribution in [1.29, 1.82) is 0 Å². The number of nitrogen functional groups attached to an aromatic ring is 1. The van der Waals surface area contributed by atoms with E-state index in [1.165, 1.54) is 0 Å². The molecule has 5 heteroatoms. The molecule has 0 aliphatic rings. The van der Waals surface area contributed by atoms with Crippen molar-refractivity contribution < 1.29 is 4.74 Å². The summed E-state index contributed by atoms with van der Waals surface area (Å²) in [5.41, 5.74) is 7.64. The third kappa shape index (κ3) is 3.19. The van der Waals surface area contributed by atoms with Gasteiger partial charge < -0.3 is 19.9 Å². The van der Waals surface area contributed by atoms with Crippen LogP contribution in [0.4, 0.5) is 11.4 Å². The van der Waals surface area contributed by atoms with Crippen LogP contribution in [0.3, 0.4) is 0 Å². The maximum atomic E-state index is 5.91. The molecule has 0 fully saturated rings. The van der Waals surface area contributed by atoms with Crippen molar-refractivity contribution in [3.63, 3.8) is 0 Å². The Kier molecular flexibility index (Phi) is 3.94. The normalized spacial score (nSPS) is 10.5. The molecule has 102 valence electrons. The van der Waals surface area contributed by atoms with Crippen molar-refractivity contribution in [2.24, 2.45) is 7.05 Å². The Labute approximate surface area is 113 Å². The lowest BCUT2D eigenvalue weighted by atomic mass is 10.2. The highest BCUT2D eigenvalue weighted by Crippen LogP contribution is 2.26. The van der Waals surface area contributed by atoms with Gasteiger partial charge in [-0.15, -0.1) is 0 Å². The third-order valence-corrected chi connectivity index (χ3v) is 3.02. The fourth-order valence-corrected chi connectivity index (χ4v) is 1.82. The van der Waals surface area contributed by atoms with E-state index in [1.807, 2.05) is 55.0 Å². The van der Waals surface area contributed by atoms with Gasteiger partial charge in [0.25, 0.3) is 0 Å².